The van der Waals surface area contributed by atoms with Crippen LogP contribution in [-0.2, 0) is 0 Å². The van der Waals surface area contributed by atoms with Crippen LogP contribution in [0.2, 0.25) is 0 Å². The standard InChI is InChI=1S/C7H16S3/c1-6(9)5-7(10)3-2-4-8/h6-10H,2-5H2,1H3. The van der Waals surface area contributed by atoms with Gasteiger partial charge in [-0.25, -0.2) is 0 Å². The Balaban J connectivity index is 3.16. The van der Waals surface area contributed by atoms with Crippen LogP contribution in [0, 0.1) is 0 Å². The van der Waals surface area contributed by atoms with Crippen LogP contribution in [0.3, 0.4) is 0 Å². The first kappa shape index (κ1) is 11.1. The van der Waals surface area contributed by atoms with Crippen molar-refractivity contribution < 1.29 is 0 Å². The number of rotatable bonds is 5. The third-order valence-electron chi connectivity index (χ3n) is 1.31. The molecule has 0 amide bonds. The lowest BCUT2D eigenvalue weighted by atomic mass is 10.1. The second-order valence-electron chi connectivity index (χ2n) is 2.60. The first-order valence-electron chi connectivity index (χ1n) is 3.63. The molecule has 10 heavy (non-hydrogen) atoms. The van der Waals surface area contributed by atoms with Crippen molar-refractivity contribution in [1.82, 2.24) is 0 Å². The smallest absolute Gasteiger partial charge is 0.00274 e. The molecule has 0 saturated carbocycles. The Morgan fingerprint density at radius 3 is 2.30 bits per heavy atom. The summed E-state index contributed by atoms with van der Waals surface area (Å²) in [7, 11) is 0. The van der Waals surface area contributed by atoms with Crippen molar-refractivity contribution in [3.63, 3.8) is 0 Å². The first-order valence-corrected chi connectivity index (χ1v) is 5.30. The maximum Gasteiger partial charge on any atom is 0.00274 e. The Bertz CT molecular complexity index is 73.3. The van der Waals surface area contributed by atoms with Crippen molar-refractivity contribution >= 4 is 37.9 Å². The molecule has 0 heterocycles. The van der Waals surface area contributed by atoms with E-state index in [0.717, 1.165) is 25.0 Å². The van der Waals surface area contributed by atoms with Gasteiger partial charge in [-0.1, -0.05) is 6.92 Å². The van der Waals surface area contributed by atoms with Crippen LogP contribution in [0.25, 0.3) is 0 Å². The molecule has 0 nitrogen and oxygen atoms in total. The molecule has 3 heteroatoms. The highest BCUT2D eigenvalue weighted by Crippen LogP contribution is 2.14. The van der Waals surface area contributed by atoms with Crippen molar-refractivity contribution in [2.75, 3.05) is 5.75 Å². The van der Waals surface area contributed by atoms with Crippen molar-refractivity contribution in [3.05, 3.63) is 0 Å². The zero-order valence-corrected chi connectivity index (χ0v) is 9.01. The highest BCUT2D eigenvalue weighted by atomic mass is 32.1. The molecule has 0 fully saturated rings. The van der Waals surface area contributed by atoms with Gasteiger partial charge in [0.15, 0.2) is 0 Å². The minimum atomic E-state index is 0.474. The van der Waals surface area contributed by atoms with Crippen LogP contribution in [0.4, 0.5) is 0 Å². The van der Waals surface area contributed by atoms with Gasteiger partial charge >= 0.3 is 0 Å². The molecule has 2 atom stereocenters. The fourth-order valence-corrected chi connectivity index (χ4v) is 1.94. The van der Waals surface area contributed by atoms with E-state index < -0.39 is 0 Å². The van der Waals surface area contributed by atoms with E-state index in [9.17, 15) is 0 Å². The lowest BCUT2D eigenvalue weighted by molar-refractivity contribution is 0.691. The third-order valence-corrected chi connectivity index (χ3v) is 2.30. The van der Waals surface area contributed by atoms with Gasteiger partial charge < -0.3 is 0 Å². The van der Waals surface area contributed by atoms with Crippen molar-refractivity contribution in [2.24, 2.45) is 0 Å². The van der Waals surface area contributed by atoms with E-state index in [1.165, 1.54) is 0 Å². The van der Waals surface area contributed by atoms with Gasteiger partial charge in [0.2, 0.25) is 0 Å². The summed E-state index contributed by atoms with van der Waals surface area (Å²) in [6.07, 6.45) is 3.43. The predicted molar refractivity (Wildman–Crippen MR) is 58.9 cm³/mol. The van der Waals surface area contributed by atoms with Crippen LogP contribution in [-0.4, -0.2) is 16.3 Å². The average molecular weight is 196 g/mol. The van der Waals surface area contributed by atoms with E-state index in [1.54, 1.807) is 0 Å². The van der Waals surface area contributed by atoms with Gasteiger partial charge in [-0.2, -0.15) is 37.9 Å². The summed E-state index contributed by atoms with van der Waals surface area (Å²) in [5.41, 5.74) is 0. The Kier molecular flexibility index (Phi) is 7.45. The molecule has 0 saturated heterocycles. The minimum absolute atomic E-state index is 0.474. The molecular formula is C7H16S3. The minimum Gasteiger partial charge on any atom is -0.179 e. The van der Waals surface area contributed by atoms with Crippen molar-refractivity contribution in [2.45, 2.75) is 36.7 Å². The average Bonchev–Trinajstić information content (AvgIpc) is 1.82. The fraction of sp³-hybridized carbons (Fsp3) is 1.00. The maximum absolute atomic E-state index is 4.42. The Labute approximate surface area is 80.4 Å². The summed E-state index contributed by atoms with van der Waals surface area (Å²) in [5.74, 6) is 0.970. The van der Waals surface area contributed by atoms with Crippen LogP contribution >= 0.6 is 37.9 Å². The van der Waals surface area contributed by atoms with Gasteiger partial charge in [0.25, 0.3) is 0 Å². The molecule has 0 rings (SSSR count). The molecule has 2 unspecified atom stereocenters. The van der Waals surface area contributed by atoms with E-state index >= 15 is 0 Å². The molecule has 0 aromatic rings. The van der Waals surface area contributed by atoms with Gasteiger partial charge in [-0.3, -0.25) is 0 Å². The van der Waals surface area contributed by atoms with Gasteiger partial charge in [0.05, 0.1) is 0 Å². The van der Waals surface area contributed by atoms with Crippen LogP contribution < -0.4 is 0 Å². The number of hydrogen-bond donors (Lipinski definition) is 3. The molecule has 0 spiro atoms. The molecule has 0 aliphatic rings. The van der Waals surface area contributed by atoms with Gasteiger partial charge in [-0.05, 0) is 30.3 Å². The van der Waals surface area contributed by atoms with Crippen molar-refractivity contribution in [1.29, 1.82) is 0 Å². The van der Waals surface area contributed by atoms with E-state index in [4.69, 9.17) is 0 Å². The normalized spacial score (nSPS) is 16.8. The van der Waals surface area contributed by atoms with Gasteiger partial charge in [-0.15, -0.1) is 0 Å². The topological polar surface area (TPSA) is 0 Å². The number of hydrogen-bond acceptors (Lipinski definition) is 3. The summed E-state index contributed by atoms with van der Waals surface area (Å²) < 4.78 is 0. The summed E-state index contributed by atoms with van der Waals surface area (Å²) in [4.78, 5) is 0. The Morgan fingerprint density at radius 1 is 1.30 bits per heavy atom. The summed E-state index contributed by atoms with van der Waals surface area (Å²) in [5, 5.41) is 0.988. The highest BCUT2D eigenvalue weighted by Gasteiger charge is 2.04. The predicted octanol–water partition coefficient (Wildman–Crippen LogP) is 2.70. The Hall–Kier alpha value is 1.05. The molecule has 0 aliphatic heterocycles. The molecule has 0 aliphatic carbocycles. The monoisotopic (exact) mass is 196 g/mol. The maximum atomic E-state index is 4.42. The summed E-state index contributed by atoms with van der Waals surface area (Å²) in [6, 6.07) is 0. The largest absolute Gasteiger partial charge is 0.179 e. The summed E-state index contributed by atoms with van der Waals surface area (Å²) >= 11 is 12.8. The second kappa shape index (κ2) is 6.74. The van der Waals surface area contributed by atoms with E-state index in [2.05, 4.69) is 44.8 Å². The second-order valence-corrected chi connectivity index (χ2v) is 4.66. The fourth-order valence-electron chi connectivity index (χ4n) is 0.839. The molecule has 0 radical (unpaired) electrons. The molecule has 0 aromatic heterocycles. The lowest BCUT2D eigenvalue weighted by Crippen LogP contribution is -2.05. The van der Waals surface area contributed by atoms with E-state index in [-0.39, 0.29) is 0 Å². The lowest BCUT2D eigenvalue weighted by Gasteiger charge is -2.10. The summed E-state index contributed by atoms with van der Waals surface area (Å²) in [6.45, 7) is 2.10. The zero-order valence-electron chi connectivity index (χ0n) is 6.32. The molecule has 62 valence electrons. The molecule has 0 N–H and O–H groups in total. The Morgan fingerprint density at radius 2 is 1.90 bits per heavy atom. The van der Waals surface area contributed by atoms with Crippen LogP contribution in [0.15, 0.2) is 0 Å². The molecule has 0 aromatic carbocycles. The van der Waals surface area contributed by atoms with E-state index in [0.29, 0.717) is 10.5 Å². The van der Waals surface area contributed by atoms with Crippen LogP contribution in [0.1, 0.15) is 26.2 Å². The third kappa shape index (κ3) is 7.16. The molecular weight excluding hydrogens is 180 g/mol. The quantitative estimate of drug-likeness (QED) is 0.553. The van der Waals surface area contributed by atoms with Gasteiger partial charge in [0.1, 0.15) is 0 Å². The van der Waals surface area contributed by atoms with E-state index in [1.807, 2.05) is 0 Å². The zero-order chi connectivity index (χ0) is 7.98. The number of thiol groups is 3. The SMILES string of the molecule is CC(S)CC(S)CCCS. The molecule has 0 bridgehead atoms. The van der Waals surface area contributed by atoms with Gasteiger partial charge in [0, 0.05) is 5.25 Å². The first-order chi connectivity index (χ1) is 4.66. The van der Waals surface area contributed by atoms with Crippen molar-refractivity contribution in [3.8, 4) is 0 Å². The highest BCUT2D eigenvalue weighted by molar-refractivity contribution is 7.82. The van der Waals surface area contributed by atoms with Crippen LogP contribution in [0.5, 0.6) is 0 Å².